The molecule has 25 heavy (non-hydrogen) atoms. The zero-order chi connectivity index (χ0) is 17.9. The van der Waals surface area contributed by atoms with Gasteiger partial charge in [0.25, 0.3) is 0 Å². The van der Waals surface area contributed by atoms with E-state index in [0.717, 1.165) is 5.56 Å². The van der Waals surface area contributed by atoms with Crippen molar-refractivity contribution in [1.82, 2.24) is 4.98 Å². The number of carboxylic acids is 1. The van der Waals surface area contributed by atoms with Crippen molar-refractivity contribution in [2.75, 3.05) is 6.61 Å². The first-order valence-corrected chi connectivity index (χ1v) is 8.22. The quantitative estimate of drug-likeness (QED) is 0.838. The summed E-state index contributed by atoms with van der Waals surface area (Å²) in [4.78, 5) is 15.9. The van der Waals surface area contributed by atoms with Crippen molar-refractivity contribution in [2.24, 2.45) is 5.92 Å². The van der Waals surface area contributed by atoms with Crippen LogP contribution in [0.15, 0.2) is 48.7 Å². The van der Waals surface area contributed by atoms with E-state index in [1.165, 1.54) is 6.20 Å². The molecule has 3 unspecified atom stereocenters. The predicted octanol–water partition coefficient (Wildman–Crippen LogP) is 2.57. The van der Waals surface area contributed by atoms with Gasteiger partial charge in [-0.2, -0.15) is 0 Å². The molecule has 3 atom stereocenters. The van der Waals surface area contributed by atoms with Crippen LogP contribution in [0.3, 0.4) is 0 Å². The molecule has 1 aromatic carbocycles. The molecule has 2 N–H and O–H groups in total. The van der Waals surface area contributed by atoms with Crippen LogP contribution in [-0.2, 0) is 16.1 Å². The molecule has 0 aliphatic carbocycles. The first-order valence-electron chi connectivity index (χ1n) is 8.22. The van der Waals surface area contributed by atoms with Gasteiger partial charge in [0, 0.05) is 24.8 Å². The maximum absolute atomic E-state index is 11.8. The Hall–Kier alpha value is -2.44. The molecule has 132 valence electrons. The van der Waals surface area contributed by atoms with Gasteiger partial charge in [-0.05, 0) is 23.6 Å². The fourth-order valence-corrected chi connectivity index (χ4v) is 3.15. The molecule has 0 saturated carbocycles. The summed E-state index contributed by atoms with van der Waals surface area (Å²) in [7, 11) is 0. The molecule has 1 saturated heterocycles. The van der Waals surface area contributed by atoms with Crippen molar-refractivity contribution >= 4 is 5.97 Å². The predicted molar refractivity (Wildman–Crippen MR) is 90.1 cm³/mol. The maximum Gasteiger partial charge on any atom is 0.339 e. The van der Waals surface area contributed by atoms with Crippen LogP contribution in [0.1, 0.15) is 30.6 Å². The van der Waals surface area contributed by atoms with Crippen LogP contribution in [0.2, 0.25) is 0 Å². The lowest BCUT2D eigenvalue weighted by Gasteiger charge is -2.33. The second-order valence-electron chi connectivity index (χ2n) is 6.24. The third kappa shape index (κ3) is 3.36. The third-order valence-electron chi connectivity index (χ3n) is 4.67. The highest BCUT2D eigenvalue weighted by atomic mass is 16.5. The smallest absolute Gasteiger partial charge is 0.339 e. The lowest BCUT2D eigenvalue weighted by molar-refractivity contribution is -0.180. The standard InChI is InChI=1S/C19H21NO5/c1-13-8-10-25-19(13,18(22)23)17(21)15-7-9-20-16(11-15)24-12-14-5-3-2-4-6-14/h2-7,9,11,13,17,21H,8,10,12H2,1H3,(H,22,23). The first kappa shape index (κ1) is 17.4. The van der Waals surface area contributed by atoms with Gasteiger partial charge in [-0.3, -0.25) is 0 Å². The average Bonchev–Trinajstić information content (AvgIpc) is 3.03. The van der Waals surface area contributed by atoms with Gasteiger partial charge < -0.3 is 19.7 Å². The van der Waals surface area contributed by atoms with Crippen molar-refractivity contribution < 1.29 is 24.5 Å². The van der Waals surface area contributed by atoms with Crippen molar-refractivity contribution in [3.8, 4) is 5.88 Å². The summed E-state index contributed by atoms with van der Waals surface area (Å²) < 4.78 is 11.1. The molecule has 6 heteroatoms. The Morgan fingerprint density at radius 1 is 1.40 bits per heavy atom. The highest BCUT2D eigenvalue weighted by Crippen LogP contribution is 2.42. The zero-order valence-electron chi connectivity index (χ0n) is 14.0. The monoisotopic (exact) mass is 343 g/mol. The molecular formula is C19H21NO5. The van der Waals surface area contributed by atoms with Gasteiger partial charge in [0.15, 0.2) is 5.60 Å². The second kappa shape index (κ2) is 7.21. The largest absolute Gasteiger partial charge is 0.479 e. The molecule has 2 heterocycles. The van der Waals surface area contributed by atoms with E-state index >= 15 is 0 Å². The molecule has 0 bridgehead atoms. The van der Waals surface area contributed by atoms with E-state index in [2.05, 4.69) is 4.98 Å². The number of carboxylic acid groups (broad SMARTS) is 1. The van der Waals surface area contributed by atoms with E-state index in [-0.39, 0.29) is 5.92 Å². The minimum Gasteiger partial charge on any atom is -0.479 e. The third-order valence-corrected chi connectivity index (χ3v) is 4.67. The number of hydrogen-bond donors (Lipinski definition) is 2. The molecule has 2 aromatic rings. The zero-order valence-corrected chi connectivity index (χ0v) is 14.0. The van der Waals surface area contributed by atoms with Crippen LogP contribution in [0.5, 0.6) is 5.88 Å². The Labute approximate surface area is 146 Å². The summed E-state index contributed by atoms with van der Waals surface area (Å²) in [5.74, 6) is -1.14. The number of carbonyl (C=O) groups is 1. The fourth-order valence-electron chi connectivity index (χ4n) is 3.15. The summed E-state index contributed by atoms with van der Waals surface area (Å²) in [6, 6.07) is 12.8. The molecular weight excluding hydrogens is 322 g/mol. The molecule has 0 amide bonds. The van der Waals surface area contributed by atoms with Crippen LogP contribution in [0, 0.1) is 5.92 Å². The van der Waals surface area contributed by atoms with Gasteiger partial charge in [0.1, 0.15) is 12.7 Å². The van der Waals surface area contributed by atoms with Crippen molar-refractivity contribution in [3.05, 3.63) is 59.8 Å². The average molecular weight is 343 g/mol. The number of aliphatic hydroxyl groups excluding tert-OH is 1. The molecule has 0 spiro atoms. The van der Waals surface area contributed by atoms with E-state index in [9.17, 15) is 15.0 Å². The molecule has 6 nitrogen and oxygen atoms in total. The minimum absolute atomic E-state index is 0.304. The maximum atomic E-state index is 11.8. The van der Waals surface area contributed by atoms with Crippen LogP contribution >= 0.6 is 0 Å². The van der Waals surface area contributed by atoms with E-state index in [1.54, 1.807) is 19.1 Å². The molecule has 1 aromatic heterocycles. The first-order chi connectivity index (χ1) is 12.0. The number of aliphatic hydroxyl groups is 1. The lowest BCUT2D eigenvalue weighted by Crippen LogP contribution is -2.48. The Morgan fingerprint density at radius 2 is 2.16 bits per heavy atom. The highest BCUT2D eigenvalue weighted by molar-refractivity contribution is 5.79. The van der Waals surface area contributed by atoms with Gasteiger partial charge in [0.2, 0.25) is 5.88 Å². The molecule has 1 fully saturated rings. The second-order valence-corrected chi connectivity index (χ2v) is 6.24. The van der Waals surface area contributed by atoms with Crippen molar-refractivity contribution in [2.45, 2.75) is 31.7 Å². The van der Waals surface area contributed by atoms with E-state index < -0.39 is 17.7 Å². The number of pyridine rings is 1. The van der Waals surface area contributed by atoms with Crippen LogP contribution in [0.25, 0.3) is 0 Å². The Morgan fingerprint density at radius 3 is 2.80 bits per heavy atom. The number of benzene rings is 1. The summed E-state index contributed by atoms with van der Waals surface area (Å²) >= 11 is 0. The van der Waals surface area contributed by atoms with Gasteiger partial charge >= 0.3 is 5.97 Å². The minimum atomic E-state index is -1.64. The molecule has 1 aliphatic rings. The summed E-state index contributed by atoms with van der Waals surface area (Å²) in [6.07, 6.45) is 0.782. The van der Waals surface area contributed by atoms with Gasteiger partial charge in [-0.25, -0.2) is 9.78 Å². The molecule has 0 radical (unpaired) electrons. The van der Waals surface area contributed by atoms with Crippen LogP contribution in [-0.4, -0.2) is 33.4 Å². The van der Waals surface area contributed by atoms with E-state index in [4.69, 9.17) is 9.47 Å². The lowest BCUT2D eigenvalue weighted by atomic mass is 9.81. The van der Waals surface area contributed by atoms with Gasteiger partial charge in [-0.1, -0.05) is 37.3 Å². The summed E-state index contributed by atoms with van der Waals surface area (Å²) in [6.45, 7) is 2.43. The van der Waals surface area contributed by atoms with E-state index in [1.807, 2.05) is 30.3 Å². The van der Waals surface area contributed by atoms with Crippen molar-refractivity contribution in [3.63, 3.8) is 0 Å². The Kier molecular flexibility index (Phi) is 5.01. The highest BCUT2D eigenvalue weighted by Gasteiger charge is 2.55. The SMILES string of the molecule is CC1CCOC1(C(=O)O)C(O)c1ccnc(OCc2ccccc2)c1. The normalized spacial score (nSPS) is 24.0. The summed E-state index contributed by atoms with van der Waals surface area (Å²) in [5.41, 5.74) is -0.239. The van der Waals surface area contributed by atoms with Gasteiger partial charge in [0.05, 0.1) is 0 Å². The number of aliphatic carboxylic acids is 1. The topological polar surface area (TPSA) is 88.9 Å². The van der Waals surface area contributed by atoms with E-state index in [0.29, 0.717) is 31.1 Å². The summed E-state index contributed by atoms with van der Waals surface area (Å²) in [5, 5.41) is 20.4. The Bertz CT molecular complexity index is 736. The van der Waals surface area contributed by atoms with Gasteiger partial charge in [-0.15, -0.1) is 0 Å². The van der Waals surface area contributed by atoms with Crippen molar-refractivity contribution in [1.29, 1.82) is 0 Å². The number of rotatable bonds is 6. The fraction of sp³-hybridized carbons (Fsp3) is 0.368. The molecule has 1 aliphatic heterocycles. The number of hydrogen-bond acceptors (Lipinski definition) is 5. The molecule has 3 rings (SSSR count). The number of aromatic nitrogens is 1. The van der Waals surface area contributed by atoms with Crippen LogP contribution in [0.4, 0.5) is 0 Å². The number of ether oxygens (including phenoxy) is 2. The number of nitrogens with zero attached hydrogens (tertiary/aromatic N) is 1. The van der Waals surface area contributed by atoms with Crippen LogP contribution < -0.4 is 4.74 Å². The Balaban J connectivity index is 1.79.